The van der Waals surface area contributed by atoms with E-state index in [0.717, 1.165) is 25.7 Å². The summed E-state index contributed by atoms with van der Waals surface area (Å²) < 4.78 is 0. The molecule has 1 N–H and O–H groups in total. The molecule has 4 nitrogen and oxygen atoms in total. The van der Waals surface area contributed by atoms with Crippen molar-refractivity contribution in [3.05, 3.63) is 4.91 Å². The van der Waals surface area contributed by atoms with E-state index < -0.39 is 0 Å². The molecule has 0 atom stereocenters. The lowest BCUT2D eigenvalue weighted by Crippen LogP contribution is -2.23. The third-order valence-electron chi connectivity index (χ3n) is 1.73. The van der Waals surface area contributed by atoms with Crippen LogP contribution in [0.15, 0.2) is 5.29 Å². The van der Waals surface area contributed by atoms with E-state index in [2.05, 4.69) is 5.29 Å². The lowest BCUT2D eigenvalue weighted by molar-refractivity contribution is -0.126. The van der Waals surface area contributed by atoms with Gasteiger partial charge in [-0.05, 0) is 12.8 Å². The van der Waals surface area contributed by atoms with Gasteiger partial charge in [0, 0.05) is 0 Å². The number of hydroxylamine groups is 1. The van der Waals surface area contributed by atoms with Crippen LogP contribution in [-0.4, -0.2) is 16.4 Å². The first-order valence-corrected chi connectivity index (χ1v) is 3.16. The van der Waals surface area contributed by atoms with E-state index in [4.69, 9.17) is 5.21 Å². The van der Waals surface area contributed by atoms with E-state index in [-0.39, 0.29) is 6.04 Å². The van der Waals surface area contributed by atoms with Crippen LogP contribution in [0.2, 0.25) is 0 Å². The summed E-state index contributed by atoms with van der Waals surface area (Å²) >= 11 is 0. The van der Waals surface area contributed by atoms with E-state index in [9.17, 15) is 4.91 Å². The van der Waals surface area contributed by atoms with Crippen molar-refractivity contribution in [2.45, 2.75) is 31.7 Å². The van der Waals surface area contributed by atoms with Crippen LogP contribution >= 0.6 is 0 Å². The minimum atomic E-state index is -0.0116. The molecule has 0 aromatic heterocycles. The molecule has 1 aliphatic carbocycles. The molecule has 1 rings (SSSR count). The Bertz CT molecular complexity index is 101. The van der Waals surface area contributed by atoms with Gasteiger partial charge in [-0.1, -0.05) is 12.8 Å². The Morgan fingerprint density at radius 1 is 1.44 bits per heavy atom. The summed E-state index contributed by atoms with van der Waals surface area (Å²) in [5.74, 6) is 0. The molecule has 9 heavy (non-hydrogen) atoms. The van der Waals surface area contributed by atoms with Crippen LogP contribution in [0.25, 0.3) is 0 Å². The van der Waals surface area contributed by atoms with Gasteiger partial charge in [0.25, 0.3) is 0 Å². The molecule has 0 aromatic carbocycles. The quantitative estimate of drug-likeness (QED) is 0.452. The summed E-state index contributed by atoms with van der Waals surface area (Å²) in [7, 11) is 0. The Morgan fingerprint density at radius 2 is 2.00 bits per heavy atom. The Balaban J connectivity index is 2.32. The third kappa shape index (κ3) is 1.38. The van der Waals surface area contributed by atoms with Gasteiger partial charge in [0.2, 0.25) is 0 Å². The highest BCUT2D eigenvalue weighted by molar-refractivity contribution is 4.70. The van der Waals surface area contributed by atoms with E-state index >= 15 is 0 Å². The number of rotatable bonds is 2. The molecule has 0 unspecified atom stereocenters. The first-order chi connectivity index (χ1) is 4.34. The second-order valence-electron chi connectivity index (χ2n) is 2.34. The third-order valence-corrected chi connectivity index (χ3v) is 1.73. The average Bonchev–Trinajstić information content (AvgIpc) is 2.37. The van der Waals surface area contributed by atoms with Crippen LogP contribution in [0, 0.1) is 4.91 Å². The van der Waals surface area contributed by atoms with Crippen molar-refractivity contribution < 1.29 is 5.21 Å². The minimum Gasteiger partial charge on any atom is -0.269 e. The van der Waals surface area contributed by atoms with Crippen molar-refractivity contribution in [2.24, 2.45) is 5.29 Å². The SMILES string of the molecule is O=NN(O)C1CCCC1. The van der Waals surface area contributed by atoms with Gasteiger partial charge in [0.15, 0.2) is 0 Å². The highest BCUT2D eigenvalue weighted by Crippen LogP contribution is 2.21. The first kappa shape index (κ1) is 6.48. The topological polar surface area (TPSA) is 52.9 Å². The molecule has 4 heteroatoms. The summed E-state index contributed by atoms with van der Waals surface area (Å²) in [6.45, 7) is 0. The number of nitroso groups, excluding NO2 is 1. The fourth-order valence-corrected chi connectivity index (χ4v) is 1.20. The smallest absolute Gasteiger partial charge is 0.0790 e. The monoisotopic (exact) mass is 130 g/mol. The zero-order valence-electron chi connectivity index (χ0n) is 5.16. The molecule has 0 bridgehead atoms. The molecule has 0 radical (unpaired) electrons. The van der Waals surface area contributed by atoms with Crippen molar-refractivity contribution in [3.63, 3.8) is 0 Å². The highest BCUT2D eigenvalue weighted by atomic mass is 16.6. The van der Waals surface area contributed by atoms with Gasteiger partial charge in [0.05, 0.1) is 11.3 Å². The van der Waals surface area contributed by atoms with Crippen LogP contribution in [0.4, 0.5) is 0 Å². The highest BCUT2D eigenvalue weighted by Gasteiger charge is 2.20. The van der Waals surface area contributed by atoms with Gasteiger partial charge in [0.1, 0.15) is 0 Å². The second kappa shape index (κ2) is 2.77. The Morgan fingerprint density at radius 3 is 2.44 bits per heavy atom. The normalized spacial score (nSPS) is 20.1. The summed E-state index contributed by atoms with van der Waals surface area (Å²) in [5.41, 5.74) is 0. The second-order valence-corrected chi connectivity index (χ2v) is 2.34. The van der Waals surface area contributed by atoms with Crippen molar-refractivity contribution in [1.82, 2.24) is 5.17 Å². The number of hydrogen-bond donors (Lipinski definition) is 1. The number of nitrogens with zero attached hydrogens (tertiary/aromatic N) is 2. The zero-order valence-corrected chi connectivity index (χ0v) is 5.16. The Kier molecular flexibility index (Phi) is 2.00. The maximum atomic E-state index is 9.72. The maximum Gasteiger partial charge on any atom is 0.0790 e. The van der Waals surface area contributed by atoms with E-state index in [1.165, 1.54) is 0 Å². The molecule has 1 saturated carbocycles. The average molecular weight is 130 g/mol. The van der Waals surface area contributed by atoms with Crippen LogP contribution < -0.4 is 0 Å². The minimum absolute atomic E-state index is 0.0116. The maximum absolute atomic E-state index is 9.72. The molecule has 0 saturated heterocycles. The molecule has 1 aliphatic rings. The molecule has 1 fully saturated rings. The predicted octanol–water partition coefficient (Wildman–Crippen LogP) is 1.30. The summed E-state index contributed by atoms with van der Waals surface area (Å²) in [4.78, 5) is 9.72. The predicted molar refractivity (Wildman–Crippen MR) is 31.7 cm³/mol. The first-order valence-electron chi connectivity index (χ1n) is 3.16. The fourth-order valence-electron chi connectivity index (χ4n) is 1.20. The molecule has 0 amide bonds. The Hall–Kier alpha value is -0.640. The lowest BCUT2D eigenvalue weighted by Gasteiger charge is -2.12. The van der Waals surface area contributed by atoms with Gasteiger partial charge in [-0.15, -0.1) is 10.1 Å². The fraction of sp³-hybridized carbons (Fsp3) is 1.00. The van der Waals surface area contributed by atoms with Crippen LogP contribution in [-0.2, 0) is 0 Å². The molecule has 0 heterocycles. The van der Waals surface area contributed by atoms with Gasteiger partial charge in [-0.25, -0.2) is 0 Å². The number of hydrogen-bond acceptors (Lipinski definition) is 3. The van der Waals surface area contributed by atoms with Gasteiger partial charge >= 0.3 is 0 Å². The van der Waals surface area contributed by atoms with Crippen LogP contribution in [0.1, 0.15) is 25.7 Å². The van der Waals surface area contributed by atoms with Crippen LogP contribution in [0.5, 0.6) is 0 Å². The summed E-state index contributed by atoms with van der Waals surface area (Å²) in [6, 6.07) is -0.0116. The molecule has 0 aromatic rings. The van der Waals surface area contributed by atoms with Gasteiger partial charge < -0.3 is 0 Å². The summed E-state index contributed by atoms with van der Waals surface area (Å²) in [5, 5.41) is 11.7. The summed E-state index contributed by atoms with van der Waals surface area (Å²) in [6.07, 6.45) is 3.97. The van der Waals surface area contributed by atoms with Crippen molar-refractivity contribution in [3.8, 4) is 0 Å². The zero-order chi connectivity index (χ0) is 6.69. The van der Waals surface area contributed by atoms with E-state index in [1.54, 1.807) is 0 Å². The van der Waals surface area contributed by atoms with Gasteiger partial charge in [-0.2, -0.15) is 0 Å². The lowest BCUT2D eigenvalue weighted by atomic mass is 10.3. The van der Waals surface area contributed by atoms with Crippen molar-refractivity contribution >= 4 is 0 Å². The molecule has 0 spiro atoms. The van der Waals surface area contributed by atoms with Crippen molar-refractivity contribution in [1.29, 1.82) is 0 Å². The largest absolute Gasteiger partial charge is 0.269 e. The van der Waals surface area contributed by atoms with E-state index in [0.29, 0.717) is 5.17 Å². The van der Waals surface area contributed by atoms with Crippen molar-refractivity contribution in [2.75, 3.05) is 0 Å². The molecular weight excluding hydrogens is 120 g/mol. The standard InChI is InChI=1S/C5H10N2O2/c8-6-7(9)5-3-1-2-4-5/h5,9H,1-4H2. The van der Waals surface area contributed by atoms with Gasteiger partial charge in [-0.3, -0.25) is 5.21 Å². The molecule has 52 valence electrons. The van der Waals surface area contributed by atoms with E-state index in [1.807, 2.05) is 0 Å². The molecular formula is C5H10N2O2. The Labute approximate surface area is 53.4 Å². The van der Waals surface area contributed by atoms with Crippen LogP contribution in [0.3, 0.4) is 0 Å². The molecule has 0 aliphatic heterocycles.